The minimum Gasteiger partial charge on any atom is -0.489 e. The van der Waals surface area contributed by atoms with Crippen LogP contribution < -0.4 is 25.4 Å². The number of nitrogens with two attached hydrogens (primary N) is 1. The molecule has 10 nitrogen and oxygen atoms in total. The summed E-state index contributed by atoms with van der Waals surface area (Å²) in [5, 5.41) is 12.0. The number of rotatable bonds is 12. The van der Waals surface area contributed by atoms with Crippen molar-refractivity contribution in [2.24, 2.45) is 5.73 Å². The SMILES string of the molecule is CN(c1cncn1Cc1ccc(C#N)cc1)[C@H]1C[C@@H](C(=O)N[C@@H](Cc2ccc(OCc3ccccc3)cc2)C(N)=O)Oc2ccccc21. The van der Waals surface area contributed by atoms with E-state index in [0.29, 0.717) is 36.6 Å². The van der Waals surface area contributed by atoms with Crippen LogP contribution in [0.25, 0.3) is 0 Å². The van der Waals surface area contributed by atoms with Gasteiger partial charge in [0.15, 0.2) is 6.10 Å². The average Bonchev–Trinajstić information content (AvgIpc) is 3.59. The number of carbonyl (C=O) groups excluding carboxylic acids is 2. The van der Waals surface area contributed by atoms with Crippen molar-refractivity contribution in [3.63, 3.8) is 0 Å². The van der Waals surface area contributed by atoms with Crippen LogP contribution in [0.15, 0.2) is 116 Å². The normalized spacial score (nSPS) is 15.7. The number of nitrogens with one attached hydrogen (secondary N) is 1. The van der Waals surface area contributed by atoms with Gasteiger partial charge >= 0.3 is 0 Å². The van der Waals surface area contributed by atoms with Gasteiger partial charge in [-0.25, -0.2) is 4.98 Å². The molecule has 1 aliphatic rings. The summed E-state index contributed by atoms with van der Waals surface area (Å²) in [6, 6.07) is 33.4. The van der Waals surface area contributed by atoms with E-state index in [0.717, 1.165) is 28.1 Å². The first-order valence-electron chi connectivity index (χ1n) is 15.7. The summed E-state index contributed by atoms with van der Waals surface area (Å²) in [7, 11) is 1.97. The van der Waals surface area contributed by atoms with Crippen LogP contribution >= 0.6 is 0 Å². The zero-order chi connectivity index (χ0) is 33.5. The van der Waals surface area contributed by atoms with Crippen LogP contribution in [0.1, 0.15) is 40.3 Å². The number of anilines is 1. The first kappa shape index (κ1) is 31.9. The first-order chi connectivity index (χ1) is 23.4. The molecule has 3 atom stereocenters. The number of fused-ring (bicyclic) bond motifs is 1. The minimum absolute atomic E-state index is 0.223. The molecule has 2 amide bonds. The highest BCUT2D eigenvalue weighted by atomic mass is 16.5. The molecular formula is C38H36N6O4. The Hall–Kier alpha value is -6.08. The molecule has 0 saturated carbocycles. The molecular weight excluding hydrogens is 604 g/mol. The van der Waals surface area contributed by atoms with Crippen molar-refractivity contribution in [1.29, 1.82) is 5.26 Å². The van der Waals surface area contributed by atoms with Crippen LogP contribution in [-0.4, -0.2) is 40.6 Å². The molecule has 0 aliphatic carbocycles. The number of para-hydroxylation sites is 1. The van der Waals surface area contributed by atoms with E-state index in [1.54, 1.807) is 24.7 Å². The van der Waals surface area contributed by atoms with Crippen molar-refractivity contribution in [3.8, 4) is 17.6 Å². The number of benzene rings is 4. The average molecular weight is 641 g/mol. The van der Waals surface area contributed by atoms with Gasteiger partial charge in [-0.1, -0.05) is 72.8 Å². The Morgan fingerprint density at radius 3 is 2.44 bits per heavy atom. The zero-order valence-corrected chi connectivity index (χ0v) is 26.5. The number of aromatic nitrogens is 2. The van der Waals surface area contributed by atoms with E-state index in [2.05, 4.69) is 21.3 Å². The van der Waals surface area contributed by atoms with Crippen LogP contribution in [0, 0.1) is 11.3 Å². The summed E-state index contributed by atoms with van der Waals surface area (Å²) in [6.07, 6.45) is 3.25. The van der Waals surface area contributed by atoms with Crippen molar-refractivity contribution in [1.82, 2.24) is 14.9 Å². The Morgan fingerprint density at radius 1 is 1.00 bits per heavy atom. The van der Waals surface area contributed by atoms with E-state index in [4.69, 9.17) is 20.5 Å². The molecule has 242 valence electrons. The highest BCUT2D eigenvalue weighted by Crippen LogP contribution is 2.40. The molecule has 1 aliphatic heterocycles. The minimum atomic E-state index is -0.931. The van der Waals surface area contributed by atoms with Crippen molar-refractivity contribution >= 4 is 17.6 Å². The van der Waals surface area contributed by atoms with Gasteiger partial charge in [-0.05, 0) is 47.0 Å². The molecule has 0 fully saturated rings. The van der Waals surface area contributed by atoms with Crippen LogP contribution in [0.2, 0.25) is 0 Å². The second-order valence-corrected chi connectivity index (χ2v) is 11.8. The molecule has 5 aromatic rings. The Kier molecular flexibility index (Phi) is 9.67. The van der Waals surface area contributed by atoms with E-state index in [1.807, 2.05) is 103 Å². The van der Waals surface area contributed by atoms with E-state index < -0.39 is 24.0 Å². The van der Waals surface area contributed by atoms with Gasteiger partial charge in [-0.3, -0.25) is 9.59 Å². The number of imidazole rings is 1. The Balaban J connectivity index is 1.13. The van der Waals surface area contributed by atoms with Gasteiger partial charge in [-0.15, -0.1) is 0 Å². The van der Waals surface area contributed by atoms with Crippen molar-refractivity contribution < 1.29 is 19.1 Å². The fourth-order valence-electron chi connectivity index (χ4n) is 5.88. The molecule has 0 unspecified atom stereocenters. The molecule has 10 heteroatoms. The predicted octanol–water partition coefficient (Wildman–Crippen LogP) is 4.92. The molecule has 0 radical (unpaired) electrons. The van der Waals surface area contributed by atoms with Crippen molar-refractivity contribution in [2.75, 3.05) is 11.9 Å². The van der Waals surface area contributed by atoms with E-state index in [9.17, 15) is 9.59 Å². The summed E-state index contributed by atoms with van der Waals surface area (Å²) in [6.45, 7) is 1.00. The zero-order valence-electron chi connectivity index (χ0n) is 26.5. The highest BCUT2D eigenvalue weighted by Gasteiger charge is 2.36. The fourth-order valence-corrected chi connectivity index (χ4v) is 5.88. The van der Waals surface area contributed by atoms with Gasteiger partial charge in [0.25, 0.3) is 5.91 Å². The van der Waals surface area contributed by atoms with Crippen molar-refractivity contribution in [3.05, 3.63) is 143 Å². The highest BCUT2D eigenvalue weighted by molar-refractivity contribution is 5.89. The number of carbonyl (C=O) groups is 2. The van der Waals surface area contributed by atoms with Gasteiger partial charge in [0.2, 0.25) is 5.91 Å². The lowest BCUT2D eigenvalue weighted by Gasteiger charge is -2.38. The summed E-state index contributed by atoms with van der Waals surface area (Å²) >= 11 is 0. The van der Waals surface area contributed by atoms with Gasteiger partial charge in [0, 0.05) is 25.5 Å². The standard InChI is InChI=1S/C38H36N6O4/c1-43(36-22-41-25-44(36)23-28-13-11-27(21-39)12-14-28)33-20-35(48-34-10-6-5-9-31(33)34)38(46)42-32(37(40)45)19-26-15-17-30(18-16-26)47-24-29-7-3-2-4-8-29/h2-18,22,25,32-33,35H,19-20,23-24H2,1H3,(H2,40,45)(H,42,46)/t32-,33-,35-/m0/s1. The Morgan fingerprint density at radius 2 is 1.71 bits per heavy atom. The third-order valence-electron chi connectivity index (χ3n) is 8.50. The lowest BCUT2D eigenvalue weighted by Crippen LogP contribution is -2.52. The number of hydrogen-bond donors (Lipinski definition) is 2. The maximum atomic E-state index is 13.7. The predicted molar refractivity (Wildman–Crippen MR) is 181 cm³/mol. The summed E-state index contributed by atoms with van der Waals surface area (Å²) < 4.78 is 14.1. The number of primary amides is 1. The van der Waals surface area contributed by atoms with Crippen LogP contribution in [-0.2, 0) is 29.2 Å². The van der Waals surface area contributed by atoms with Crippen molar-refractivity contribution in [2.45, 2.75) is 44.2 Å². The Bertz CT molecular complexity index is 1900. The number of ether oxygens (including phenoxy) is 2. The Labute approximate surface area is 279 Å². The smallest absolute Gasteiger partial charge is 0.261 e. The lowest BCUT2D eigenvalue weighted by atomic mass is 9.94. The van der Waals surface area contributed by atoms with Crippen LogP contribution in [0.5, 0.6) is 11.5 Å². The second kappa shape index (κ2) is 14.6. The molecule has 0 saturated heterocycles. The van der Waals surface area contributed by atoms with Gasteiger partial charge in [0.05, 0.1) is 36.7 Å². The number of nitriles is 1. The topological polar surface area (TPSA) is 136 Å². The molecule has 4 aromatic carbocycles. The number of nitrogens with zero attached hydrogens (tertiary/aromatic N) is 4. The summed E-state index contributed by atoms with van der Waals surface area (Å²) in [5.41, 5.74) is 10.2. The third-order valence-corrected chi connectivity index (χ3v) is 8.50. The van der Waals surface area contributed by atoms with E-state index >= 15 is 0 Å². The first-order valence-corrected chi connectivity index (χ1v) is 15.7. The maximum absolute atomic E-state index is 13.7. The maximum Gasteiger partial charge on any atom is 0.261 e. The monoisotopic (exact) mass is 640 g/mol. The van der Waals surface area contributed by atoms with Gasteiger partial charge in [-0.2, -0.15) is 5.26 Å². The summed E-state index contributed by atoms with van der Waals surface area (Å²) in [5.74, 6) is 1.10. The fraction of sp³-hybridized carbons (Fsp3) is 0.211. The molecule has 48 heavy (non-hydrogen) atoms. The van der Waals surface area contributed by atoms with Gasteiger partial charge in [0.1, 0.15) is 30.0 Å². The molecule has 2 heterocycles. The molecule has 1 aromatic heterocycles. The van der Waals surface area contributed by atoms with Gasteiger partial charge < -0.3 is 30.0 Å². The quantitative estimate of drug-likeness (QED) is 0.198. The van der Waals surface area contributed by atoms with Crippen LogP contribution in [0.3, 0.4) is 0 Å². The number of hydrogen-bond acceptors (Lipinski definition) is 7. The molecule has 0 spiro atoms. The second-order valence-electron chi connectivity index (χ2n) is 11.8. The van der Waals surface area contributed by atoms with Crippen LogP contribution in [0.4, 0.5) is 5.82 Å². The summed E-state index contributed by atoms with van der Waals surface area (Å²) in [4.78, 5) is 32.7. The molecule has 6 rings (SSSR count). The third kappa shape index (κ3) is 7.48. The lowest BCUT2D eigenvalue weighted by molar-refractivity contribution is -0.132. The number of amides is 2. The molecule has 0 bridgehead atoms. The largest absolute Gasteiger partial charge is 0.489 e. The molecule has 3 N–H and O–H groups in total. The van der Waals surface area contributed by atoms with E-state index in [1.165, 1.54) is 0 Å². The van der Waals surface area contributed by atoms with E-state index in [-0.39, 0.29) is 12.5 Å².